The lowest BCUT2D eigenvalue weighted by molar-refractivity contribution is 0.0747. The van der Waals surface area contributed by atoms with Crippen molar-refractivity contribution in [3.8, 4) is 0 Å². The van der Waals surface area contributed by atoms with Gasteiger partial charge in [0.1, 0.15) is 5.15 Å². The van der Waals surface area contributed by atoms with E-state index in [2.05, 4.69) is 4.98 Å². The second-order valence-electron chi connectivity index (χ2n) is 4.04. The lowest BCUT2D eigenvalue weighted by Crippen LogP contribution is -2.37. The van der Waals surface area contributed by atoms with E-state index in [0.717, 1.165) is 17.9 Å². The highest BCUT2D eigenvalue weighted by Crippen LogP contribution is 2.24. The smallest absolute Gasteiger partial charge is 0.257 e. The van der Waals surface area contributed by atoms with Crippen LogP contribution >= 0.6 is 23.4 Å². The van der Waals surface area contributed by atoms with Gasteiger partial charge >= 0.3 is 0 Å². The summed E-state index contributed by atoms with van der Waals surface area (Å²) in [6, 6.07) is 1.86. The zero-order valence-corrected chi connectivity index (χ0v) is 11.1. The van der Waals surface area contributed by atoms with E-state index in [1.807, 2.05) is 11.8 Å². The van der Waals surface area contributed by atoms with Gasteiger partial charge < -0.3 is 10.6 Å². The summed E-state index contributed by atoms with van der Waals surface area (Å²) < 4.78 is 0. The number of hydrogen-bond acceptors (Lipinski definition) is 4. The molecule has 0 bridgehead atoms. The van der Waals surface area contributed by atoms with Gasteiger partial charge in [-0.1, -0.05) is 11.6 Å². The Bertz CT molecular complexity index is 435. The number of nitrogens with zero attached hydrogens (tertiary/aromatic N) is 2. The molecule has 0 spiro atoms. The molecule has 2 heterocycles. The molecule has 1 aliphatic rings. The molecule has 1 saturated heterocycles. The molecule has 1 aromatic rings. The van der Waals surface area contributed by atoms with Gasteiger partial charge in [-0.25, -0.2) is 4.98 Å². The minimum Gasteiger partial charge on any atom is -0.397 e. The molecule has 2 N–H and O–H groups in total. The Kier molecular flexibility index (Phi) is 3.79. The fourth-order valence-corrected chi connectivity index (χ4v) is 3.25. The van der Waals surface area contributed by atoms with E-state index in [-0.39, 0.29) is 17.1 Å². The van der Waals surface area contributed by atoms with Crippen LogP contribution < -0.4 is 5.73 Å². The molecule has 1 fully saturated rings. The standard InChI is InChI=1S/C11H14ClN3OS/c1-15(8-2-3-17-6-8)11(16)9-4-7(13)5-14-10(9)12/h4-5,8H,2-3,6,13H2,1H3. The molecule has 0 saturated carbocycles. The second-order valence-corrected chi connectivity index (χ2v) is 5.55. The summed E-state index contributed by atoms with van der Waals surface area (Å²) in [4.78, 5) is 17.9. The van der Waals surface area contributed by atoms with Gasteiger partial charge in [-0.15, -0.1) is 0 Å². The molecule has 1 atom stereocenters. The molecule has 17 heavy (non-hydrogen) atoms. The molecule has 6 heteroatoms. The molecule has 1 aromatic heterocycles. The van der Waals surface area contributed by atoms with Crippen LogP contribution in [-0.2, 0) is 0 Å². The van der Waals surface area contributed by atoms with Crippen LogP contribution in [0.5, 0.6) is 0 Å². The highest BCUT2D eigenvalue weighted by molar-refractivity contribution is 7.99. The minimum absolute atomic E-state index is 0.109. The number of aromatic nitrogens is 1. The Morgan fingerprint density at radius 3 is 3.12 bits per heavy atom. The molecule has 4 nitrogen and oxygen atoms in total. The number of hydrogen-bond donors (Lipinski definition) is 1. The van der Waals surface area contributed by atoms with Crippen molar-refractivity contribution >= 4 is 35.0 Å². The second kappa shape index (κ2) is 5.14. The normalized spacial score (nSPS) is 19.3. The topological polar surface area (TPSA) is 59.2 Å². The maximum absolute atomic E-state index is 12.2. The predicted octanol–water partition coefficient (Wildman–Crippen LogP) is 1.89. The van der Waals surface area contributed by atoms with Crippen LogP contribution in [0.15, 0.2) is 12.3 Å². The van der Waals surface area contributed by atoms with Crippen molar-refractivity contribution in [1.82, 2.24) is 9.88 Å². The zero-order valence-electron chi connectivity index (χ0n) is 9.52. The molecule has 1 unspecified atom stereocenters. The highest BCUT2D eigenvalue weighted by Gasteiger charge is 2.26. The first-order valence-corrected chi connectivity index (χ1v) is 6.89. The largest absolute Gasteiger partial charge is 0.397 e. The Morgan fingerprint density at radius 2 is 2.47 bits per heavy atom. The van der Waals surface area contributed by atoms with E-state index in [4.69, 9.17) is 17.3 Å². The summed E-state index contributed by atoms with van der Waals surface area (Å²) in [5.41, 5.74) is 6.45. The monoisotopic (exact) mass is 271 g/mol. The lowest BCUT2D eigenvalue weighted by atomic mass is 10.2. The summed E-state index contributed by atoms with van der Waals surface area (Å²) in [6.07, 6.45) is 2.48. The highest BCUT2D eigenvalue weighted by atomic mass is 35.5. The summed E-state index contributed by atoms with van der Waals surface area (Å²) in [5, 5.41) is 0.210. The SMILES string of the molecule is CN(C(=O)c1cc(N)cnc1Cl)C1CCSC1. The Morgan fingerprint density at radius 1 is 1.71 bits per heavy atom. The van der Waals surface area contributed by atoms with Crippen molar-refractivity contribution in [3.63, 3.8) is 0 Å². The van der Waals surface area contributed by atoms with E-state index in [9.17, 15) is 4.79 Å². The molecular formula is C11H14ClN3OS. The van der Waals surface area contributed by atoms with Gasteiger partial charge in [0.2, 0.25) is 0 Å². The van der Waals surface area contributed by atoms with E-state index in [1.165, 1.54) is 6.20 Å². The van der Waals surface area contributed by atoms with Crippen LogP contribution in [0.3, 0.4) is 0 Å². The number of carbonyl (C=O) groups is 1. The number of nitrogen functional groups attached to an aromatic ring is 1. The Balaban J connectivity index is 2.20. The number of halogens is 1. The van der Waals surface area contributed by atoms with Gasteiger partial charge in [0.15, 0.2) is 0 Å². The predicted molar refractivity (Wildman–Crippen MR) is 71.5 cm³/mol. The van der Waals surface area contributed by atoms with Gasteiger partial charge in [0, 0.05) is 18.8 Å². The summed E-state index contributed by atoms with van der Waals surface area (Å²) in [5.74, 6) is 1.98. The summed E-state index contributed by atoms with van der Waals surface area (Å²) in [6.45, 7) is 0. The van der Waals surface area contributed by atoms with Crippen LogP contribution in [-0.4, -0.2) is 40.4 Å². The van der Waals surface area contributed by atoms with E-state index in [1.54, 1.807) is 18.0 Å². The van der Waals surface area contributed by atoms with Crippen LogP contribution in [0, 0.1) is 0 Å². The fourth-order valence-electron chi connectivity index (χ4n) is 1.80. The number of anilines is 1. The van der Waals surface area contributed by atoms with Crippen molar-refractivity contribution < 1.29 is 4.79 Å². The zero-order chi connectivity index (χ0) is 12.4. The van der Waals surface area contributed by atoms with Gasteiger partial charge in [0.25, 0.3) is 5.91 Å². The maximum Gasteiger partial charge on any atom is 0.257 e. The minimum atomic E-state index is -0.109. The van der Waals surface area contributed by atoms with Crippen molar-refractivity contribution in [2.24, 2.45) is 0 Å². The average molecular weight is 272 g/mol. The summed E-state index contributed by atoms with van der Waals surface area (Å²) >= 11 is 7.79. The molecule has 0 aliphatic carbocycles. The van der Waals surface area contributed by atoms with E-state index < -0.39 is 0 Å². The third kappa shape index (κ3) is 2.66. The van der Waals surface area contributed by atoms with Gasteiger partial charge in [-0.2, -0.15) is 11.8 Å². The number of amides is 1. The van der Waals surface area contributed by atoms with Crippen molar-refractivity contribution in [2.45, 2.75) is 12.5 Å². The van der Waals surface area contributed by atoms with Crippen LogP contribution in [0.2, 0.25) is 5.15 Å². The van der Waals surface area contributed by atoms with Crippen molar-refractivity contribution in [2.75, 3.05) is 24.3 Å². The molecular weight excluding hydrogens is 258 g/mol. The number of rotatable bonds is 2. The van der Waals surface area contributed by atoms with Crippen LogP contribution in [0.25, 0.3) is 0 Å². The van der Waals surface area contributed by atoms with Gasteiger partial charge in [-0.3, -0.25) is 4.79 Å². The van der Waals surface area contributed by atoms with Crippen LogP contribution in [0.1, 0.15) is 16.8 Å². The first-order valence-electron chi connectivity index (χ1n) is 5.35. The number of carbonyl (C=O) groups excluding carboxylic acids is 1. The molecule has 0 radical (unpaired) electrons. The number of pyridine rings is 1. The first kappa shape index (κ1) is 12.5. The quantitative estimate of drug-likeness (QED) is 0.835. The molecule has 1 aliphatic heterocycles. The lowest BCUT2D eigenvalue weighted by Gasteiger charge is -2.24. The number of nitrogens with two attached hydrogens (primary N) is 1. The first-order chi connectivity index (χ1) is 8.09. The third-order valence-electron chi connectivity index (χ3n) is 2.86. The van der Waals surface area contributed by atoms with E-state index in [0.29, 0.717) is 11.3 Å². The van der Waals surface area contributed by atoms with Gasteiger partial charge in [0.05, 0.1) is 17.4 Å². The van der Waals surface area contributed by atoms with E-state index >= 15 is 0 Å². The molecule has 1 amide bonds. The number of thioether (sulfide) groups is 1. The Hall–Kier alpha value is -0.940. The van der Waals surface area contributed by atoms with Gasteiger partial charge in [-0.05, 0) is 18.2 Å². The Labute approximate surface area is 110 Å². The third-order valence-corrected chi connectivity index (χ3v) is 4.31. The average Bonchev–Trinajstić information content (AvgIpc) is 2.84. The van der Waals surface area contributed by atoms with Crippen LogP contribution in [0.4, 0.5) is 5.69 Å². The summed E-state index contributed by atoms with van der Waals surface area (Å²) in [7, 11) is 1.80. The fraction of sp³-hybridized carbons (Fsp3) is 0.455. The molecule has 0 aromatic carbocycles. The molecule has 2 rings (SSSR count). The van der Waals surface area contributed by atoms with Crippen molar-refractivity contribution in [3.05, 3.63) is 23.0 Å². The van der Waals surface area contributed by atoms with Crippen molar-refractivity contribution in [1.29, 1.82) is 0 Å². The molecule has 92 valence electrons. The maximum atomic E-state index is 12.2.